The standard InChI is InChI=1S/C13H15F2N3O3/c1-7-12(15)11(18(20)21)5-10(14)13(7)17-4-3-9(6-17)16-8(2)19/h5,9H,3-4,6H2,1-2H3,(H,16,19). The van der Waals surface area contributed by atoms with Crippen LogP contribution in [0, 0.1) is 28.7 Å². The molecule has 1 heterocycles. The Morgan fingerprint density at radius 3 is 2.76 bits per heavy atom. The number of hydrogen-bond acceptors (Lipinski definition) is 4. The monoisotopic (exact) mass is 299 g/mol. The number of halogens is 2. The van der Waals surface area contributed by atoms with Gasteiger partial charge in [-0.2, -0.15) is 4.39 Å². The van der Waals surface area contributed by atoms with Crippen molar-refractivity contribution in [3.05, 3.63) is 33.4 Å². The number of benzene rings is 1. The van der Waals surface area contributed by atoms with E-state index in [2.05, 4.69) is 5.32 Å². The fourth-order valence-corrected chi connectivity index (χ4v) is 2.62. The van der Waals surface area contributed by atoms with Crippen molar-refractivity contribution in [2.45, 2.75) is 26.3 Å². The number of rotatable bonds is 3. The molecule has 114 valence electrons. The fourth-order valence-electron chi connectivity index (χ4n) is 2.62. The van der Waals surface area contributed by atoms with Gasteiger partial charge in [-0.3, -0.25) is 14.9 Å². The molecular formula is C13H15F2N3O3. The summed E-state index contributed by atoms with van der Waals surface area (Å²) in [5.41, 5.74) is -0.942. The molecule has 2 rings (SSSR count). The maximum atomic E-state index is 14.1. The summed E-state index contributed by atoms with van der Waals surface area (Å²) in [6.07, 6.45) is 0.608. The highest BCUT2D eigenvalue weighted by molar-refractivity contribution is 5.73. The van der Waals surface area contributed by atoms with Crippen LogP contribution in [0.15, 0.2) is 6.07 Å². The first-order valence-corrected chi connectivity index (χ1v) is 6.46. The number of nitro groups is 1. The number of carbonyl (C=O) groups excluding carboxylic acids is 1. The van der Waals surface area contributed by atoms with Crippen molar-refractivity contribution in [1.29, 1.82) is 0 Å². The van der Waals surface area contributed by atoms with Crippen molar-refractivity contribution in [3.63, 3.8) is 0 Å². The van der Waals surface area contributed by atoms with Gasteiger partial charge in [-0.15, -0.1) is 0 Å². The predicted octanol–water partition coefficient (Wildman–Crippen LogP) is 1.90. The van der Waals surface area contributed by atoms with E-state index in [0.717, 1.165) is 0 Å². The largest absolute Gasteiger partial charge is 0.367 e. The Kier molecular flexibility index (Phi) is 4.06. The van der Waals surface area contributed by atoms with Crippen LogP contribution >= 0.6 is 0 Å². The Morgan fingerprint density at radius 1 is 1.52 bits per heavy atom. The molecule has 0 bridgehead atoms. The van der Waals surface area contributed by atoms with Crippen LogP contribution in [-0.2, 0) is 4.79 Å². The normalized spacial score (nSPS) is 17.9. The summed E-state index contributed by atoms with van der Waals surface area (Å²) in [6.45, 7) is 3.49. The second kappa shape index (κ2) is 5.63. The van der Waals surface area contributed by atoms with Gasteiger partial charge >= 0.3 is 5.69 Å². The number of nitro benzene ring substituents is 1. The molecule has 0 aliphatic carbocycles. The molecule has 1 amide bonds. The van der Waals surface area contributed by atoms with E-state index in [0.29, 0.717) is 25.6 Å². The third kappa shape index (κ3) is 2.93. The lowest BCUT2D eigenvalue weighted by Gasteiger charge is -2.22. The predicted molar refractivity (Wildman–Crippen MR) is 72.2 cm³/mol. The Morgan fingerprint density at radius 2 is 2.19 bits per heavy atom. The first kappa shape index (κ1) is 15.1. The van der Waals surface area contributed by atoms with Crippen LogP contribution in [0.4, 0.5) is 20.2 Å². The molecule has 1 aliphatic heterocycles. The number of hydrogen-bond donors (Lipinski definition) is 1. The number of anilines is 1. The quantitative estimate of drug-likeness (QED) is 0.683. The summed E-state index contributed by atoms with van der Waals surface area (Å²) >= 11 is 0. The Hall–Kier alpha value is -2.25. The third-order valence-corrected chi connectivity index (χ3v) is 3.51. The lowest BCUT2D eigenvalue weighted by molar-refractivity contribution is -0.387. The van der Waals surface area contributed by atoms with E-state index in [1.807, 2.05) is 0 Å². The van der Waals surface area contributed by atoms with Crippen molar-refractivity contribution in [3.8, 4) is 0 Å². The third-order valence-electron chi connectivity index (χ3n) is 3.51. The second-order valence-corrected chi connectivity index (χ2v) is 5.05. The van der Waals surface area contributed by atoms with E-state index in [-0.39, 0.29) is 23.2 Å². The molecule has 1 saturated heterocycles. The molecule has 0 spiro atoms. The SMILES string of the molecule is CC(=O)NC1CCN(c2c(F)cc([N+](=O)[O-])c(F)c2C)C1. The van der Waals surface area contributed by atoms with Crippen molar-refractivity contribution in [2.24, 2.45) is 0 Å². The number of amides is 1. The molecule has 0 radical (unpaired) electrons. The molecule has 1 aromatic rings. The smallest absolute Gasteiger partial charge is 0.308 e. The zero-order valence-electron chi connectivity index (χ0n) is 11.7. The lowest BCUT2D eigenvalue weighted by atomic mass is 10.1. The minimum atomic E-state index is -1.03. The first-order chi connectivity index (χ1) is 9.81. The molecule has 1 aliphatic rings. The number of carbonyl (C=O) groups is 1. The molecule has 6 nitrogen and oxygen atoms in total. The Bertz CT molecular complexity index is 607. The Balaban J connectivity index is 2.31. The molecule has 1 atom stereocenters. The summed E-state index contributed by atoms with van der Waals surface area (Å²) in [5.74, 6) is -2.04. The Labute approximate surface area is 119 Å². The highest BCUT2D eigenvalue weighted by Gasteiger charge is 2.30. The highest BCUT2D eigenvalue weighted by Crippen LogP contribution is 2.34. The van der Waals surface area contributed by atoms with E-state index in [1.54, 1.807) is 4.90 Å². The second-order valence-electron chi connectivity index (χ2n) is 5.05. The average Bonchev–Trinajstić information content (AvgIpc) is 2.81. The summed E-state index contributed by atoms with van der Waals surface area (Å²) in [7, 11) is 0. The number of nitrogens with zero attached hydrogens (tertiary/aromatic N) is 2. The molecule has 8 heteroatoms. The van der Waals surface area contributed by atoms with Gasteiger partial charge in [-0.05, 0) is 13.3 Å². The molecule has 1 aromatic carbocycles. The zero-order chi connectivity index (χ0) is 15.7. The molecule has 21 heavy (non-hydrogen) atoms. The molecule has 0 aromatic heterocycles. The summed E-state index contributed by atoms with van der Waals surface area (Å²) < 4.78 is 28.0. The van der Waals surface area contributed by atoms with Gasteiger partial charge in [0, 0.05) is 31.6 Å². The van der Waals surface area contributed by atoms with Crippen LogP contribution < -0.4 is 10.2 Å². The van der Waals surface area contributed by atoms with Gasteiger partial charge in [0.1, 0.15) is 0 Å². The van der Waals surface area contributed by atoms with Gasteiger partial charge in [0.15, 0.2) is 5.82 Å². The first-order valence-electron chi connectivity index (χ1n) is 6.46. The summed E-state index contributed by atoms with van der Waals surface area (Å²) in [6, 6.07) is 0.461. The molecular weight excluding hydrogens is 284 g/mol. The van der Waals surface area contributed by atoms with Gasteiger partial charge < -0.3 is 10.2 Å². The average molecular weight is 299 g/mol. The van der Waals surface area contributed by atoms with Crippen LogP contribution in [0.5, 0.6) is 0 Å². The van der Waals surface area contributed by atoms with Crippen molar-refractivity contribution < 1.29 is 18.5 Å². The molecule has 1 fully saturated rings. The van der Waals surface area contributed by atoms with Crippen LogP contribution in [0.1, 0.15) is 18.9 Å². The number of nitrogens with one attached hydrogen (secondary N) is 1. The van der Waals surface area contributed by atoms with Crippen molar-refractivity contribution >= 4 is 17.3 Å². The van der Waals surface area contributed by atoms with Crippen LogP contribution in [0.25, 0.3) is 0 Å². The minimum absolute atomic E-state index is 0.0194. The lowest BCUT2D eigenvalue weighted by Crippen LogP contribution is -2.35. The van der Waals surface area contributed by atoms with Gasteiger partial charge in [-0.1, -0.05) is 0 Å². The van der Waals surface area contributed by atoms with Gasteiger partial charge in [0.25, 0.3) is 0 Å². The van der Waals surface area contributed by atoms with Crippen molar-refractivity contribution in [1.82, 2.24) is 5.32 Å². The fraction of sp³-hybridized carbons (Fsp3) is 0.462. The van der Waals surface area contributed by atoms with Gasteiger partial charge in [-0.25, -0.2) is 4.39 Å². The van der Waals surface area contributed by atoms with E-state index in [1.165, 1.54) is 13.8 Å². The van der Waals surface area contributed by atoms with E-state index < -0.39 is 22.2 Å². The molecule has 1 N–H and O–H groups in total. The topological polar surface area (TPSA) is 75.5 Å². The van der Waals surface area contributed by atoms with E-state index in [9.17, 15) is 23.7 Å². The molecule has 0 saturated carbocycles. The molecule has 1 unspecified atom stereocenters. The maximum absolute atomic E-state index is 14.1. The zero-order valence-corrected chi connectivity index (χ0v) is 11.7. The van der Waals surface area contributed by atoms with E-state index >= 15 is 0 Å². The summed E-state index contributed by atoms with van der Waals surface area (Å²) in [4.78, 5) is 22.3. The summed E-state index contributed by atoms with van der Waals surface area (Å²) in [5, 5.41) is 13.4. The van der Waals surface area contributed by atoms with Gasteiger partial charge in [0.05, 0.1) is 16.7 Å². The van der Waals surface area contributed by atoms with Crippen LogP contribution in [0.2, 0.25) is 0 Å². The maximum Gasteiger partial charge on any atom is 0.308 e. The van der Waals surface area contributed by atoms with Crippen LogP contribution in [-0.4, -0.2) is 30.0 Å². The van der Waals surface area contributed by atoms with Crippen molar-refractivity contribution in [2.75, 3.05) is 18.0 Å². The highest BCUT2D eigenvalue weighted by atomic mass is 19.1. The minimum Gasteiger partial charge on any atom is -0.367 e. The van der Waals surface area contributed by atoms with Gasteiger partial charge in [0.2, 0.25) is 11.7 Å². The van der Waals surface area contributed by atoms with E-state index in [4.69, 9.17) is 0 Å². The van der Waals surface area contributed by atoms with Crippen LogP contribution in [0.3, 0.4) is 0 Å².